The van der Waals surface area contributed by atoms with Crippen LogP contribution in [0, 0.1) is 0 Å². The van der Waals surface area contributed by atoms with Crippen LogP contribution in [0.3, 0.4) is 0 Å². The largest absolute Gasteiger partial charge is 0.507 e. The molecule has 17 heavy (non-hydrogen) atoms. The van der Waals surface area contributed by atoms with E-state index < -0.39 is 0 Å². The fourth-order valence-electron chi connectivity index (χ4n) is 2.09. The van der Waals surface area contributed by atoms with Crippen molar-refractivity contribution in [1.29, 1.82) is 0 Å². The molecule has 0 heterocycles. The standard InChI is InChI=1S/C14H8Br2O/c15-9-1-3-11-8(5-9)6-14(17)13-7-10(16)2-4-12(11)13/h1-7,17H. The number of aromatic hydroxyl groups is 1. The van der Waals surface area contributed by atoms with Crippen LogP contribution in [0.4, 0.5) is 0 Å². The number of benzene rings is 3. The van der Waals surface area contributed by atoms with Gasteiger partial charge in [0.25, 0.3) is 0 Å². The van der Waals surface area contributed by atoms with Crippen molar-refractivity contribution in [3.8, 4) is 5.75 Å². The average Bonchev–Trinajstić information content (AvgIpc) is 2.29. The van der Waals surface area contributed by atoms with Gasteiger partial charge in [-0.3, -0.25) is 0 Å². The van der Waals surface area contributed by atoms with Crippen molar-refractivity contribution in [2.45, 2.75) is 0 Å². The highest BCUT2D eigenvalue weighted by molar-refractivity contribution is 9.10. The van der Waals surface area contributed by atoms with Crippen LogP contribution in [-0.2, 0) is 0 Å². The second kappa shape index (κ2) is 4.00. The van der Waals surface area contributed by atoms with Crippen molar-refractivity contribution in [1.82, 2.24) is 0 Å². The van der Waals surface area contributed by atoms with E-state index >= 15 is 0 Å². The molecule has 0 saturated carbocycles. The Morgan fingerprint density at radius 2 is 1.35 bits per heavy atom. The van der Waals surface area contributed by atoms with Crippen molar-refractivity contribution in [3.05, 3.63) is 51.4 Å². The fraction of sp³-hybridized carbons (Fsp3) is 0. The van der Waals surface area contributed by atoms with Gasteiger partial charge in [-0.25, -0.2) is 0 Å². The second-order valence-corrected chi connectivity index (χ2v) is 5.78. The Labute approximate surface area is 115 Å². The summed E-state index contributed by atoms with van der Waals surface area (Å²) in [6.45, 7) is 0. The summed E-state index contributed by atoms with van der Waals surface area (Å²) in [5, 5.41) is 14.2. The van der Waals surface area contributed by atoms with Crippen LogP contribution < -0.4 is 0 Å². The molecule has 3 aromatic carbocycles. The summed E-state index contributed by atoms with van der Waals surface area (Å²) in [4.78, 5) is 0. The van der Waals surface area contributed by atoms with Gasteiger partial charge in [0.05, 0.1) is 0 Å². The Kier molecular flexibility index (Phi) is 2.60. The van der Waals surface area contributed by atoms with Crippen LogP contribution >= 0.6 is 31.9 Å². The SMILES string of the molecule is Oc1cc2cc(Br)ccc2c2ccc(Br)cc12. The van der Waals surface area contributed by atoms with E-state index in [1.54, 1.807) is 6.07 Å². The lowest BCUT2D eigenvalue weighted by Gasteiger charge is -2.07. The second-order valence-electron chi connectivity index (χ2n) is 3.95. The van der Waals surface area contributed by atoms with Gasteiger partial charge in [-0.2, -0.15) is 0 Å². The molecule has 0 bridgehead atoms. The number of phenolic OH excluding ortho intramolecular Hbond substituents is 1. The van der Waals surface area contributed by atoms with E-state index in [9.17, 15) is 5.11 Å². The molecule has 3 heteroatoms. The van der Waals surface area contributed by atoms with E-state index in [1.807, 2.05) is 30.3 Å². The number of phenols is 1. The molecule has 0 aliphatic carbocycles. The van der Waals surface area contributed by atoms with Gasteiger partial charge in [0.1, 0.15) is 5.75 Å². The minimum atomic E-state index is 0.312. The molecule has 0 atom stereocenters. The van der Waals surface area contributed by atoms with Gasteiger partial charge >= 0.3 is 0 Å². The monoisotopic (exact) mass is 350 g/mol. The first-order chi connectivity index (χ1) is 8.15. The van der Waals surface area contributed by atoms with E-state index in [4.69, 9.17) is 0 Å². The van der Waals surface area contributed by atoms with Crippen molar-refractivity contribution < 1.29 is 5.11 Å². The molecule has 3 rings (SSSR count). The molecule has 1 N–H and O–H groups in total. The molecule has 0 radical (unpaired) electrons. The zero-order valence-electron chi connectivity index (χ0n) is 8.74. The third-order valence-electron chi connectivity index (χ3n) is 2.85. The van der Waals surface area contributed by atoms with Gasteiger partial charge in [0, 0.05) is 14.3 Å². The normalized spacial score (nSPS) is 11.2. The zero-order valence-corrected chi connectivity index (χ0v) is 11.9. The molecule has 3 aromatic rings. The van der Waals surface area contributed by atoms with E-state index in [0.717, 1.165) is 30.5 Å². The molecule has 0 fully saturated rings. The maximum atomic E-state index is 10.0. The Hall–Kier alpha value is -1.06. The molecule has 0 spiro atoms. The van der Waals surface area contributed by atoms with E-state index in [1.165, 1.54) is 0 Å². The summed E-state index contributed by atoms with van der Waals surface area (Å²) < 4.78 is 1.98. The zero-order chi connectivity index (χ0) is 12.0. The summed E-state index contributed by atoms with van der Waals surface area (Å²) >= 11 is 6.87. The fourth-order valence-corrected chi connectivity index (χ4v) is 2.83. The molecule has 0 amide bonds. The first kappa shape index (κ1) is 11.1. The summed E-state index contributed by atoms with van der Waals surface area (Å²) in [5.41, 5.74) is 0. The van der Waals surface area contributed by atoms with Crippen molar-refractivity contribution >= 4 is 53.4 Å². The van der Waals surface area contributed by atoms with Gasteiger partial charge in [0.2, 0.25) is 0 Å². The molecule has 84 valence electrons. The molecule has 0 saturated heterocycles. The van der Waals surface area contributed by atoms with Crippen LogP contribution in [0.1, 0.15) is 0 Å². The summed E-state index contributed by atoms with van der Waals surface area (Å²) in [5.74, 6) is 0.312. The summed E-state index contributed by atoms with van der Waals surface area (Å²) in [6.07, 6.45) is 0. The molecule has 0 aromatic heterocycles. The number of fused-ring (bicyclic) bond motifs is 3. The highest BCUT2D eigenvalue weighted by Gasteiger charge is 2.06. The Morgan fingerprint density at radius 1 is 0.706 bits per heavy atom. The van der Waals surface area contributed by atoms with Gasteiger partial charge < -0.3 is 5.11 Å². The number of rotatable bonds is 0. The van der Waals surface area contributed by atoms with Gasteiger partial charge in [-0.1, -0.05) is 44.0 Å². The van der Waals surface area contributed by atoms with Crippen LogP contribution in [0.5, 0.6) is 5.75 Å². The van der Waals surface area contributed by atoms with Gasteiger partial charge in [-0.05, 0) is 46.5 Å². The average molecular weight is 352 g/mol. The predicted molar refractivity (Wildman–Crippen MR) is 78.5 cm³/mol. The summed E-state index contributed by atoms with van der Waals surface area (Å²) in [6, 6.07) is 13.8. The van der Waals surface area contributed by atoms with Crippen LogP contribution in [0.2, 0.25) is 0 Å². The van der Waals surface area contributed by atoms with Crippen molar-refractivity contribution in [2.24, 2.45) is 0 Å². The maximum absolute atomic E-state index is 10.0. The number of hydrogen-bond donors (Lipinski definition) is 1. The van der Waals surface area contributed by atoms with E-state index in [-0.39, 0.29) is 0 Å². The van der Waals surface area contributed by atoms with Crippen LogP contribution in [0.25, 0.3) is 21.5 Å². The van der Waals surface area contributed by atoms with Gasteiger partial charge in [-0.15, -0.1) is 0 Å². The molecule has 0 unspecified atom stereocenters. The van der Waals surface area contributed by atoms with Crippen LogP contribution in [-0.4, -0.2) is 5.11 Å². The maximum Gasteiger partial charge on any atom is 0.124 e. The first-order valence-electron chi connectivity index (χ1n) is 5.15. The minimum absolute atomic E-state index is 0.312. The van der Waals surface area contributed by atoms with Gasteiger partial charge in [0.15, 0.2) is 0 Å². The van der Waals surface area contributed by atoms with Crippen molar-refractivity contribution in [3.63, 3.8) is 0 Å². The van der Waals surface area contributed by atoms with Crippen molar-refractivity contribution in [2.75, 3.05) is 0 Å². The lowest BCUT2D eigenvalue weighted by atomic mass is 10.0. The minimum Gasteiger partial charge on any atom is -0.507 e. The third kappa shape index (κ3) is 1.83. The molecule has 1 nitrogen and oxygen atoms in total. The number of halogens is 2. The molecule has 0 aliphatic rings. The highest BCUT2D eigenvalue weighted by atomic mass is 79.9. The third-order valence-corrected chi connectivity index (χ3v) is 3.84. The first-order valence-corrected chi connectivity index (χ1v) is 6.74. The Morgan fingerprint density at radius 3 is 2.12 bits per heavy atom. The number of hydrogen-bond acceptors (Lipinski definition) is 1. The molecular weight excluding hydrogens is 344 g/mol. The Balaban J connectivity index is 2.55. The smallest absolute Gasteiger partial charge is 0.124 e. The highest BCUT2D eigenvalue weighted by Crippen LogP contribution is 2.35. The lowest BCUT2D eigenvalue weighted by molar-refractivity contribution is 0.482. The van der Waals surface area contributed by atoms with E-state index in [2.05, 4.69) is 37.9 Å². The molecule has 0 aliphatic heterocycles. The molecular formula is C14H8Br2O. The lowest BCUT2D eigenvalue weighted by Crippen LogP contribution is -1.80. The predicted octanol–water partition coefficient (Wildman–Crippen LogP) is 5.22. The topological polar surface area (TPSA) is 20.2 Å². The summed E-state index contributed by atoms with van der Waals surface area (Å²) in [7, 11) is 0. The Bertz CT molecular complexity index is 735. The van der Waals surface area contributed by atoms with Crippen LogP contribution in [0.15, 0.2) is 51.4 Å². The van der Waals surface area contributed by atoms with E-state index in [0.29, 0.717) is 5.75 Å². The quantitative estimate of drug-likeness (QED) is 0.550.